The molecule has 1 aliphatic heterocycles. The topological polar surface area (TPSA) is 67.2 Å². The molecule has 2 heterocycles. The van der Waals surface area contributed by atoms with Gasteiger partial charge in [0, 0.05) is 37.1 Å². The van der Waals surface area contributed by atoms with Crippen molar-refractivity contribution in [3.63, 3.8) is 0 Å². The molecule has 6 heteroatoms. The van der Waals surface area contributed by atoms with Crippen LogP contribution in [0.4, 0.5) is 5.69 Å². The van der Waals surface area contributed by atoms with E-state index in [1.54, 1.807) is 6.20 Å². The molecule has 2 amide bonds. The number of aromatic nitrogens is 2. The molecule has 6 nitrogen and oxygen atoms in total. The van der Waals surface area contributed by atoms with E-state index in [0.717, 1.165) is 24.1 Å². The normalized spacial score (nSPS) is 20.7. The van der Waals surface area contributed by atoms with E-state index in [-0.39, 0.29) is 17.7 Å². The summed E-state index contributed by atoms with van der Waals surface area (Å²) >= 11 is 0. The van der Waals surface area contributed by atoms with Gasteiger partial charge in [0.2, 0.25) is 11.8 Å². The third-order valence-corrected chi connectivity index (χ3v) is 5.42. The second-order valence-electron chi connectivity index (χ2n) is 7.28. The van der Waals surface area contributed by atoms with Crippen molar-refractivity contribution in [3.05, 3.63) is 48.3 Å². The number of anilines is 1. The summed E-state index contributed by atoms with van der Waals surface area (Å²) in [7, 11) is 0. The summed E-state index contributed by atoms with van der Waals surface area (Å²) in [5.41, 5.74) is 1.89. The summed E-state index contributed by atoms with van der Waals surface area (Å²) in [6.07, 6.45) is 8.55. The lowest BCUT2D eigenvalue weighted by atomic mass is 10.1. The molecular formula is C20H24N4O2. The summed E-state index contributed by atoms with van der Waals surface area (Å²) < 4.78 is 1.86. The molecule has 1 saturated carbocycles. The van der Waals surface area contributed by atoms with Crippen LogP contribution in [0.3, 0.4) is 0 Å². The van der Waals surface area contributed by atoms with Gasteiger partial charge in [0.05, 0.1) is 12.5 Å². The highest BCUT2D eigenvalue weighted by Gasteiger charge is 2.38. The van der Waals surface area contributed by atoms with E-state index in [4.69, 9.17) is 0 Å². The number of nitrogens with zero attached hydrogens (tertiary/aromatic N) is 3. The van der Waals surface area contributed by atoms with Crippen molar-refractivity contribution in [1.29, 1.82) is 0 Å². The maximum Gasteiger partial charge on any atom is 0.229 e. The number of rotatable bonds is 5. The van der Waals surface area contributed by atoms with E-state index < -0.39 is 0 Å². The average molecular weight is 352 g/mol. The van der Waals surface area contributed by atoms with Gasteiger partial charge in [-0.15, -0.1) is 0 Å². The lowest BCUT2D eigenvalue weighted by Crippen LogP contribution is -2.35. The fourth-order valence-corrected chi connectivity index (χ4v) is 3.99. The Morgan fingerprint density at radius 1 is 1.19 bits per heavy atom. The molecule has 0 radical (unpaired) electrons. The Labute approximate surface area is 153 Å². The van der Waals surface area contributed by atoms with Crippen LogP contribution in [0, 0.1) is 5.92 Å². The molecule has 1 aromatic heterocycles. The lowest BCUT2D eigenvalue weighted by Gasteiger charge is -2.23. The molecule has 0 spiro atoms. The van der Waals surface area contributed by atoms with Crippen LogP contribution in [0.25, 0.3) is 0 Å². The third-order valence-electron chi connectivity index (χ3n) is 5.42. The zero-order valence-electron chi connectivity index (χ0n) is 14.8. The van der Waals surface area contributed by atoms with Crippen molar-refractivity contribution in [2.45, 2.75) is 44.7 Å². The van der Waals surface area contributed by atoms with Gasteiger partial charge >= 0.3 is 0 Å². The van der Waals surface area contributed by atoms with Gasteiger partial charge in [0.1, 0.15) is 0 Å². The van der Waals surface area contributed by atoms with Crippen molar-refractivity contribution >= 4 is 17.5 Å². The van der Waals surface area contributed by atoms with Crippen molar-refractivity contribution in [2.75, 3.05) is 11.9 Å². The minimum absolute atomic E-state index is 0.0568. The fourth-order valence-electron chi connectivity index (χ4n) is 3.99. The van der Waals surface area contributed by atoms with Gasteiger partial charge in [-0.05, 0) is 36.6 Å². The first-order valence-electron chi connectivity index (χ1n) is 9.36. The summed E-state index contributed by atoms with van der Waals surface area (Å²) in [6.45, 7) is 1.27. The SMILES string of the molecule is O=C(Nc1ccc(Cn2cccn2)cc1)[C@H]1CC(=O)N(C2CCCC2)C1. The summed E-state index contributed by atoms with van der Waals surface area (Å²) in [5.74, 6) is -0.169. The molecule has 0 bridgehead atoms. The predicted molar refractivity (Wildman–Crippen MR) is 98.5 cm³/mol. The first-order chi connectivity index (χ1) is 12.7. The number of hydrogen-bond acceptors (Lipinski definition) is 3. The minimum Gasteiger partial charge on any atom is -0.339 e. The molecule has 2 aliphatic rings. The number of nitrogens with one attached hydrogen (secondary N) is 1. The van der Waals surface area contributed by atoms with E-state index in [0.29, 0.717) is 25.6 Å². The molecule has 2 fully saturated rings. The van der Waals surface area contributed by atoms with E-state index in [1.807, 2.05) is 46.1 Å². The first-order valence-corrected chi connectivity index (χ1v) is 9.36. The van der Waals surface area contributed by atoms with Gasteiger partial charge in [-0.1, -0.05) is 25.0 Å². The average Bonchev–Trinajstić information content (AvgIpc) is 3.38. The van der Waals surface area contributed by atoms with Crippen LogP contribution in [0.5, 0.6) is 0 Å². The van der Waals surface area contributed by atoms with E-state index in [2.05, 4.69) is 10.4 Å². The fraction of sp³-hybridized carbons (Fsp3) is 0.450. The standard InChI is InChI=1S/C20H24N4O2/c25-19-12-16(14-24(19)18-4-1-2-5-18)20(26)22-17-8-6-15(7-9-17)13-23-11-3-10-21-23/h3,6-11,16,18H,1-2,4-5,12-14H2,(H,22,26)/t16-/m0/s1. The third kappa shape index (κ3) is 3.64. The summed E-state index contributed by atoms with van der Waals surface area (Å²) in [4.78, 5) is 26.8. The van der Waals surface area contributed by atoms with Crippen LogP contribution in [-0.2, 0) is 16.1 Å². The molecule has 1 saturated heterocycles. The highest BCUT2D eigenvalue weighted by Crippen LogP contribution is 2.30. The Balaban J connectivity index is 1.33. The van der Waals surface area contributed by atoms with Crippen LogP contribution in [-0.4, -0.2) is 39.1 Å². The van der Waals surface area contributed by atoms with Crippen LogP contribution < -0.4 is 5.32 Å². The maximum atomic E-state index is 12.6. The van der Waals surface area contributed by atoms with Crippen LogP contribution in [0.15, 0.2) is 42.7 Å². The number of carbonyl (C=O) groups excluding carboxylic acids is 2. The highest BCUT2D eigenvalue weighted by molar-refractivity contribution is 5.97. The Morgan fingerprint density at radius 3 is 2.65 bits per heavy atom. The highest BCUT2D eigenvalue weighted by atomic mass is 16.2. The Hall–Kier alpha value is -2.63. The van der Waals surface area contributed by atoms with Crippen LogP contribution in [0.1, 0.15) is 37.7 Å². The molecule has 1 aliphatic carbocycles. The zero-order valence-corrected chi connectivity index (χ0v) is 14.8. The molecule has 1 atom stereocenters. The number of amides is 2. The minimum atomic E-state index is -0.244. The molecule has 1 aromatic carbocycles. The lowest BCUT2D eigenvalue weighted by molar-refractivity contribution is -0.129. The molecule has 4 rings (SSSR count). The Morgan fingerprint density at radius 2 is 1.96 bits per heavy atom. The van der Waals surface area contributed by atoms with E-state index in [1.165, 1.54) is 12.8 Å². The van der Waals surface area contributed by atoms with Crippen molar-refractivity contribution in [1.82, 2.24) is 14.7 Å². The predicted octanol–water partition coefficient (Wildman–Crippen LogP) is 2.66. The Kier molecular flexibility index (Phi) is 4.73. The number of likely N-dealkylation sites (tertiary alicyclic amines) is 1. The maximum absolute atomic E-state index is 12.6. The van der Waals surface area contributed by atoms with Gasteiger partial charge in [-0.3, -0.25) is 14.3 Å². The number of hydrogen-bond donors (Lipinski definition) is 1. The van der Waals surface area contributed by atoms with Gasteiger partial charge in [-0.2, -0.15) is 5.10 Å². The summed E-state index contributed by atoms with van der Waals surface area (Å²) in [5, 5.41) is 7.15. The largest absolute Gasteiger partial charge is 0.339 e. The first kappa shape index (κ1) is 16.8. The van der Waals surface area contributed by atoms with E-state index >= 15 is 0 Å². The van der Waals surface area contributed by atoms with Crippen LogP contribution >= 0.6 is 0 Å². The zero-order chi connectivity index (χ0) is 17.9. The molecule has 1 N–H and O–H groups in total. The monoisotopic (exact) mass is 352 g/mol. The molecule has 0 unspecified atom stereocenters. The Bertz CT molecular complexity index is 764. The molecule has 2 aromatic rings. The van der Waals surface area contributed by atoms with Gasteiger partial charge in [0.15, 0.2) is 0 Å². The second kappa shape index (κ2) is 7.32. The quantitative estimate of drug-likeness (QED) is 0.900. The summed E-state index contributed by atoms with van der Waals surface area (Å²) in [6, 6.07) is 10.0. The van der Waals surface area contributed by atoms with Crippen molar-refractivity contribution < 1.29 is 9.59 Å². The van der Waals surface area contributed by atoms with E-state index in [9.17, 15) is 9.59 Å². The van der Waals surface area contributed by atoms with Gasteiger partial charge < -0.3 is 10.2 Å². The van der Waals surface area contributed by atoms with Crippen molar-refractivity contribution in [2.24, 2.45) is 5.92 Å². The van der Waals surface area contributed by atoms with Gasteiger partial charge in [-0.25, -0.2) is 0 Å². The van der Waals surface area contributed by atoms with Gasteiger partial charge in [0.25, 0.3) is 0 Å². The number of benzene rings is 1. The molecule has 136 valence electrons. The molecular weight excluding hydrogens is 328 g/mol. The smallest absolute Gasteiger partial charge is 0.229 e. The number of carbonyl (C=O) groups is 2. The van der Waals surface area contributed by atoms with Crippen LogP contribution in [0.2, 0.25) is 0 Å². The molecule has 26 heavy (non-hydrogen) atoms. The second-order valence-corrected chi connectivity index (χ2v) is 7.28. The van der Waals surface area contributed by atoms with Crippen molar-refractivity contribution in [3.8, 4) is 0 Å².